The fourth-order valence-corrected chi connectivity index (χ4v) is 1.35. The molecule has 110 valence electrons. The molecule has 0 aliphatic carbocycles. The first-order valence-corrected chi connectivity index (χ1v) is 7.11. The van der Waals surface area contributed by atoms with Gasteiger partial charge in [0.1, 0.15) is 0 Å². The molecule has 7 nitrogen and oxygen atoms in total. The Kier molecular flexibility index (Phi) is 7.33. The highest BCUT2D eigenvalue weighted by Gasteiger charge is 2.10. The Labute approximate surface area is 122 Å². The van der Waals surface area contributed by atoms with Gasteiger partial charge in [0.15, 0.2) is 0 Å². The van der Waals surface area contributed by atoms with E-state index in [-0.39, 0.29) is 0 Å². The summed E-state index contributed by atoms with van der Waals surface area (Å²) in [6.45, 7) is 0. The minimum absolute atomic E-state index is 0.574. The van der Waals surface area contributed by atoms with Crippen molar-refractivity contribution in [1.29, 1.82) is 0 Å². The highest BCUT2D eigenvalue weighted by molar-refractivity contribution is 7.85. The van der Waals surface area contributed by atoms with Crippen LogP contribution < -0.4 is 0 Å². The van der Waals surface area contributed by atoms with Crippen molar-refractivity contribution in [3.8, 4) is 0 Å². The lowest BCUT2D eigenvalue weighted by Crippen LogP contribution is -2.02. The van der Waals surface area contributed by atoms with Gasteiger partial charge in [0.25, 0.3) is 5.16 Å². The number of nitrogens with zero attached hydrogens (tertiary/aromatic N) is 3. The fraction of sp³-hybridized carbons (Fsp3) is 0. The molecule has 0 saturated heterocycles. The molecule has 0 bridgehead atoms. The molecule has 0 aliphatic heterocycles. The van der Waals surface area contributed by atoms with Gasteiger partial charge in [-0.3, -0.25) is 9.54 Å². The zero-order valence-electron chi connectivity index (χ0n) is 10.9. The molecule has 3 aromatic rings. The van der Waals surface area contributed by atoms with Crippen LogP contribution in [0.25, 0.3) is 0 Å². The molecule has 0 atom stereocenters. The second-order valence-corrected chi connectivity index (χ2v) is 4.64. The highest BCUT2D eigenvalue weighted by Crippen LogP contribution is 1.95. The van der Waals surface area contributed by atoms with Crippen LogP contribution in [0.5, 0.6) is 0 Å². The number of aromatic nitrogens is 3. The van der Waals surface area contributed by atoms with Gasteiger partial charge in [0.2, 0.25) is 0 Å². The van der Waals surface area contributed by atoms with E-state index in [2.05, 4.69) is 19.4 Å². The molecule has 0 aliphatic rings. The maximum atomic E-state index is 10.3. The van der Waals surface area contributed by atoms with Crippen LogP contribution in [-0.2, 0) is 10.1 Å². The predicted molar refractivity (Wildman–Crippen MR) is 74.8 cm³/mol. The van der Waals surface area contributed by atoms with Gasteiger partial charge in [0.05, 0.1) is 12.5 Å². The first kappa shape index (κ1) is 16.5. The van der Waals surface area contributed by atoms with Crippen molar-refractivity contribution in [1.82, 2.24) is 15.0 Å². The summed E-state index contributed by atoms with van der Waals surface area (Å²) in [5, 5.41) is -0.574. The molecule has 21 heavy (non-hydrogen) atoms. The van der Waals surface area contributed by atoms with Crippen molar-refractivity contribution in [3.63, 3.8) is 0 Å². The van der Waals surface area contributed by atoms with E-state index >= 15 is 0 Å². The molecule has 0 saturated carbocycles. The lowest BCUT2D eigenvalue weighted by molar-refractivity contribution is 0.474. The number of pyridine rings is 1. The van der Waals surface area contributed by atoms with E-state index in [9.17, 15) is 8.42 Å². The van der Waals surface area contributed by atoms with Gasteiger partial charge >= 0.3 is 10.1 Å². The average molecular weight is 307 g/mol. The fourth-order valence-electron chi connectivity index (χ4n) is 0.958. The molecule has 0 spiro atoms. The Morgan fingerprint density at radius 2 is 1.38 bits per heavy atom. The molecule has 0 unspecified atom stereocenters. The van der Waals surface area contributed by atoms with Crippen LogP contribution in [0.15, 0.2) is 83.3 Å². The third kappa shape index (κ3) is 8.24. The number of furan rings is 1. The van der Waals surface area contributed by atoms with Gasteiger partial charge in [-0.1, -0.05) is 6.07 Å². The normalized spacial score (nSPS) is 9.57. The molecule has 0 fully saturated rings. The standard InChI is InChI=1S/C5H5N.C4H4N2O3S.C4H4O/c1-2-4-6-5-3-1;7-10(8,9)4-5-2-1-3-6-4;1-2-4-5-3-1/h1-5H;1-3H,(H,7,8,9);1-4H. The van der Waals surface area contributed by atoms with Crippen molar-refractivity contribution < 1.29 is 17.4 Å². The van der Waals surface area contributed by atoms with Crippen LogP contribution in [0.3, 0.4) is 0 Å². The Balaban J connectivity index is 0.000000170. The lowest BCUT2D eigenvalue weighted by atomic mass is 10.5. The van der Waals surface area contributed by atoms with Gasteiger partial charge in [-0.25, -0.2) is 9.97 Å². The predicted octanol–water partition coefficient (Wildman–Crippen LogP) is 2.08. The van der Waals surface area contributed by atoms with Crippen LogP contribution in [-0.4, -0.2) is 27.9 Å². The minimum Gasteiger partial charge on any atom is -0.473 e. The molecule has 8 heteroatoms. The molecule has 1 N–H and O–H groups in total. The van der Waals surface area contributed by atoms with Crippen LogP contribution >= 0.6 is 0 Å². The van der Waals surface area contributed by atoms with E-state index in [1.807, 2.05) is 30.3 Å². The molecule has 0 amide bonds. The average Bonchev–Trinajstić information content (AvgIpc) is 3.09. The third-order valence-corrected chi connectivity index (χ3v) is 2.44. The number of rotatable bonds is 1. The van der Waals surface area contributed by atoms with Crippen LogP contribution in [0.1, 0.15) is 0 Å². The summed E-state index contributed by atoms with van der Waals surface area (Å²) in [4.78, 5) is 10.4. The quantitative estimate of drug-likeness (QED) is 0.542. The van der Waals surface area contributed by atoms with E-state index < -0.39 is 15.3 Å². The van der Waals surface area contributed by atoms with Crippen LogP contribution in [0, 0.1) is 0 Å². The molecule has 0 radical (unpaired) electrons. The number of hydrogen-bond acceptors (Lipinski definition) is 6. The summed E-state index contributed by atoms with van der Waals surface area (Å²) in [7, 11) is -4.23. The summed E-state index contributed by atoms with van der Waals surface area (Å²) >= 11 is 0. The second-order valence-electron chi connectivity index (χ2n) is 3.32. The Morgan fingerprint density at radius 3 is 1.62 bits per heavy atom. The maximum Gasteiger partial charge on any atom is 0.330 e. The summed E-state index contributed by atoms with van der Waals surface area (Å²) < 4.78 is 33.4. The first-order valence-electron chi connectivity index (χ1n) is 5.67. The summed E-state index contributed by atoms with van der Waals surface area (Å²) in [6.07, 6.45) is 9.21. The molecule has 3 aromatic heterocycles. The van der Waals surface area contributed by atoms with Crippen molar-refractivity contribution in [2.45, 2.75) is 5.16 Å². The van der Waals surface area contributed by atoms with Crippen molar-refractivity contribution in [2.75, 3.05) is 0 Å². The third-order valence-electron chi connectivity index (χ3n) is 1.76. The minimum atomic E-state index is -4.23. The van der Waals surface area contributed by atoms with Crippen molar-refractivity contribution >= 4 is 10.1 Å². The topological polar surface area (TPSA) is 106 Å². The second kappa shape index (κ2) is 9.34. The summed E-state index contributed by atoms with van der Waals surface area (Å²) in [5.74, 6) is 0. The van der Waals surface area contributed by atoms with E-state index in [1.165, 1.54) is 18.5 Å². The largest absolute Gasteiger partial charge is 0.473 e. The summed E-state index contributed by atoms with van der Waals surface area (Å²) in [5.41, 5.74) is 0. The van der Waals surface area contributed by atoms with Crippen LogP contribution in [0.2, 0.25) is 0 Å². The number of hydrogen-bond donors (Lipinski definition) is 1. The van der Waals surface area contributed by atoms with Gasteiger partial charge < -0.3 is 4.42 Å². The molecular weight excluding hydrogens is 294 g/mol. The van der Waals surface area contributed by atoms with Gasteiger partial charge in [-0.15, -0.1) is 0 Å². The van der Waals surface area contributed by atoms with Crippen LogP contribution in [0.4, 0.5) is 0 Å². The zero-order valence-corrected chi connectivity index (χ0v) is 11.7. The maximum absolute atomic E-state index is 10.3. The van der Waals surface area contributed by atoms with Gasteiger partial charge in [0, 0.05) is 24.8 Å². The van der Waals surface area contributed by atoms with Gasteiger partial charge in [-0.05, 0) is 30.3 Å². The smallest absolute Gasteiger partial charge is 0.330 e. The summed E-state index contributed by atoms with van der Waals surface area (Å²) in [6, 6.07) is 10.8. The van der Waals surface area contributed by atoms with Gasteiger partial charge in [-0.2, -0.15) is 8.42 Å². The van der Waals surface area contributed by atoms with Crippen molar-refractivity contribution in [3.05, 3.63) is 73.7 Å². The first-order chi connectivity index (χ1) is 10.1. The lowest BCUT2D eigenvalue weighted by Gasteiger charge is -1.89. The molecule has 3 heterocycles. The Morgan fingerprint density at radius 1 is 0.810 bits per heavy atom. The molecule has 0 aromatic carbocycles. The van der Waals surface area contributed by atoms with E-state index in [4.69, 9.17) is 4.55 Å². The SMILES string of the molecule is O=S(=O)(O)c1ncccn1.c1ccncc1.c1ccoc1. The van der Waals surface area contributed by atoms with E-state index in [0.717, 1.165) is 0 Å². The Bertz CT molecular complexity index is 630. The zero-order chi connectivity index (χ0) is 15.4. The Hall–Kier alpha value is -2.58. The van der Waals surface area contributed by atoms with Crippen molar-refractivity contribution in [2.24, 2.45) is 0 Å². The van der Waals surface area contributed by atoms with E-state index in [0.29, 0.717) is 0 Å². The molecular formula is C13H13N3O4S. The monoisotopic (exact) mass is 307 g/mol. The molecule has 3 rings (SSSR count). The highest BCUT2D eigenvalue weighted by atomic mass is 32.2. The van der Waals surface area contributed by atoms with E-state index in [1.54, 1.807) is 24.9 Å².